The first-order chi connectivity index (χ1) is 14.5. The highest BCUT2D eigenvalue weighted by Gasteiger charge is 2.05. The molecule has 0 bridgehead atoms. The van der Waals surface area contributed by atoms with Crippen LogP contribution in [0.3, 0.4) is 0 Å². The average Bonchev–Trinajstić information content (AvgIpc) is 2.75. The molecule has 0 unspecified atom stereocenters. The van der Waals surface area contributed by atoms with Crippen molar-refractivity contribution in [2.24, 2.45) is 5.16 Å². The second-order valence-electron chi connectivity index (χ2n) is 6.70. The van der Waals surface area contributed by atoms with Crippen LogP contribution in [0.2, 0.25) is 0 Å². The zero-order valence-corrected chi connectivity index (χ0v) is 16.9. The highest BCUT2D eigenvalue weighted by molar-refractivity contribution is 5.99. The van der Waals surface area contributed by atoms with Crippen LogP contribution in [0.4, 0.5) is 11.4 Å². The Kier molecular flexibility index (Phi) is 6.95. The van der Waals surface area contributed by atoms with E-state index in [0.29, 0.717) is 17.1 Å². The second kappa shape index (κ2) is 10.0. The van der Waals surface area contributed by atoms with Crippen LogP contribution < -0.4 is 10.6 Å². The molecule has 0 radical (unpaired) electrons. The van der Waals surface area contributed by atoms with E-state index < -0.39 is 0 Å². The van der Waals surface area contributed by atoms with Gasteiger partial charge in [-0.25, -0.2) is 0 Å². The molecule has 0 atom stereocenters. The lowest BCUT2D eigenvalue weighted by Gasteiger charge is -2.07. The van der Waals surface area contributed by atoms with Gasteiger partial charge in [0.1, 0.15) is 0 Å². The molecule has 30 heavy (non-hydrogen) atoms. The summed E-state index contributed by atoms with van der Waals surface area (Å²) in [6, 6.07) is 24.8. The molecule has 152 valence electrons. The monoisotopic (exact) mass is 401 g/mol. The van der Waals surface area contributed by atoms with Crippen molar-refractivity contribution >= 4 is 28.9 Å². The summed E-state index contributed by atoms with van der Waals surface area (Å²) in [6.07, 6.45) is 0. The van der Waals surface area contributed by atoms with E-state index in [2.05, 4.69) is 15.8 Å². The van der Waals surface area contributed by atoms with Crippen LogP contribution in [-0.4, -0.2) is 24.1 Å². The molecule has 0 spiro atoms. The quantitative estimate of drug-likeness (QED) is 0.445. The molecule has 3 aromatic rings. The van der Waals surface area contributed by atoms with Gasteiger partial charge >= 0.3 is 0 Å². The molecule has 0 aliphatic carbocycles. The van der Waals surface area contributed by atoms with Crippen LogP contribution in [0, 0.1) is 0 Å². The number of nitrogens with zero attached hydrogens (tertiary/aromatic N) is 1. The van der Waals surface area contributed by atoms with Crippen LogP contribution in [-0.2, 0) is 14.4 Å². The first-order valence-electron chi connectivity index (χ1n) is 9.51. The number of nitrogens with one attached hydrogen (secondary N) is 2. The van der Waals surface area contributed by atoms with Gasteiger partial charge in [0.15, 0.2) is 6.61 Å². The highest BCUT2D eigenvalue weighted by Crippen LogP contribution is 2.21. The molecule has 2 N–H and O–H groups in total. The molecule has 0 fully saturated rings. The minimum Gasteiger partial charge on any atom is -0.385 e. The summed E-state index contributed by atoms with van der Waals surface area (Å²) in [5.41, 5.74) is 5.06. The zero-order valence-electron chi connectivity index (χ0n) is 16.9. The van der Waals surface area contributed by atoms with Crippen molar-refractivity contribution in [1.29, 1.82) is 0 Å². The van der Waals surface area contributed by atoms with Gasteiger partial charge < -0.3 is 15.5 Å². The van der Waals surface area contributed by atoms with Crippen LogP contribution >= 0.6 is 0 Å². The molecule has 0 aliphatic rings. The number of carbonyl (C=O) groups excluding carboxylic acids is 2. The smallest absolute Gasteiger partial charge is 0.265 e. The Morgan fingerprint density at radius 2 is 1.33 bits per heavy atom. The van der Waals surface area contributed by atoms with Gasteiger partial charge in [0.25, 0.3) is 5.91 Å². The Morgan fingerprint density at radius 3 is 1.97 bits per heavy atom. The van der Waals surface area contributed by atoms with E-state index in [9.17, 15) is 9.59 Å². The van der Waals surface area contributed by atoms with Gasteiger partial charge in [0, 0.05) is 18.3 Å². The minimum atomic E-state index is -0.292. The number of hydrogen-bond acceptors (Lipinski definition) is 4. The van der Waals surface area contributed by atoms with Gasteiger partial charge in [-0.2, -0.15) is 0 Å². The Labute approximate surface area is 175 Å². The van der Waals surface area contributed by atoms with Crippen molar-refractivity contribution in [3.8, 4) is 11.1 Å². The van der Waals surface area contributed by atoms with E-state index in [1.54, 1.807) is 19.1 Å². The topological polar surface area (TPSA) is 79.8 Å². The Morgan fingerprint density at radius 1 is 0.767 bits per heavy atom. The molecule has 0 aliphatic heterocycles. The third-order valence-corrected chi connectivity index (χ3v) is 4.30. The largest absolute Gasteiger partial charge is 0.385 e. The minimum absolute atomic E-state index is 0.128. The van der Waals surface area contributed by atoms with E-state index in [1.165, 1.54) is 6.92 Å². The van der Waals surface area contributed by atoms with Gasteiger partial charge in [-0.3, -0.25) is 9.59 Å². The summed E-state index contributed by atoms with van der Waals surface area (Å²) in [5.74, 6) is -0.419. The molecule has 0 heterocycles. The van der Waals surface area contributed by atoms with Gasteiger partial charge in [-0.15, -0.1) is 0 Å². The lowest BCUT2D eigenvalue weighted by Crippen LogP contribution is -2.17. The van der Waals surface area contributed by atoms with E-state index >= 15 is 0 Å². The molecule has 2 amide bonds. The predicted molar refractivity (Wildman–Crippen MR) is 119 cm³/mol. The molecule has 6 heteroatoms. The molecule has 0 saturated heterocycles. The van der Waals surface area contributed by atoms with Crippen LogP contribution in [0.1, 0.15) is 19.4 Å². The zero-order chi connectivity index (χ0) is 21.3. The van der Waals surface area contributed by atoms with Gasteiger partial charge in [0.2, 0.25) is 5.91 Å². The fraction of sp³-hybridized carbons (Fsp3) is 0.125. The van der Waals surface area contributed by atoms with Gasteiger partial charge in [0.05, 0.1) is 5.71 Å². The van der Waals surface area contributed by atoms with Crippen molar-refractivity contribution in [3.63, 3.8) is 0 Å². The van der Waals surface area contributed by atoms with Crippen molar-refractivity contribution in [2.75, 3.05) is 17.2 Å². The normalized spacial score (nSPS) is 10.9. The second-order valence-corrected chi connectivity index (χ2v) is 6.70. The number of oxime groups is 1. The molecular formula is C24H23N3O3. The van der Waals surface area contributed by atoms with Crippen molar-refractivity contribution in [1.82, 2.24) is 0 Å². The first kappa shape index (κ1) is 20.8. The highest BCUT2D eigenvalue weighted by atomic mass is 16.6. The predicted octanol–water partition coefficient (Wildman–Crippen LogP) is 4.69. The maximum atomic E-state index is 12.1. The van der Waals surface area contributed by atoms with Gasteiger partial charge in [-0.05, 0) is 47.9 Å². The lowest BCUT2D eigenvalue weighted by atomic mass is 10.1. The first-order valence-corrected chi connectivity index (χ1v) is 9.51. The van der Waals surface area contributed by atoms with E-state index in [-0.39, 0.29) is 18.4 Å². The van der Waals surface area contributed by atoms with Crippen molar-refractivity contribution < 1.29 is 14.4 Å². The molecule has 6 nitrogen and oxygen atoms in total. The number of carbonyl (C=O) groups is 2. The summed E-state index contributed by atoms with van der Waals surface area (Å²) in [5, 5.41) is 9.48. The van der Waals surface area contributed by atoms with Crippen LogP contribution in [0.15, 0.2) is 84.0 Å². The lowest BCUT2D eigenvalue weighted by molar-refractivity contribution is -0.120. The SMILES string of the molecule is CC(=O)Nc1ccc(/C(C)=N/OCC(=O)Nc2ccc(-c3ccccc3)cc2)cc1. The van der Waals surface area contributed by atoms with Gasteiger partial charge in [-0.1, -0.05) is 59.8 Å². The fourth-order valence-electron chi connectivity index (χ4n) is 2.81. The Balaban J connectivity index is 1.50. The summed E-state index contributed by atoms with van der Waals surface area (Å²) in [7, 11) is 0. The third-order valence-electron chi connectivity index (χ3n) is 4.30. The summed E-state index contributed by atoms with van der Waals surface area (Å²) < 4.78 is 0. The number of benzene rings is 3. The Bertz CT molecular complexity index is 1030. The molecule has 0 aromatic heterocycles. The van der Waals surface area contributed by atoms with E-state index in [1.807, 2.05) is 66.7 Å². The molecule has 3 aromatic carbocycles. The number of anilines is 2. The summed E-state index contributed by atoms with van der Waals surface area (Å²) in [4.78, 5) is 28.3. The van der Waals surface area contributed by atoms with E-state index in [0.717, 1.165) is 16.7 Å². The number of amides is 2. The maximum Gasteiger partial charge on any atom is 0.265 e. The fourth-order valence-corrected chi connectivity index (χ4v) is 2.81. The average molecular weight is 401 g/mol. The van der Waals surface area contributed by atoms with E-state index in [4.69, 9.17) is 4.84 Å². The number of hydrogen-bond donors (Lipinski definition) is 2. The van der Waals surface area contributed by atoms with Crippen LogP contribution in [0.25, 0.3) is 11.1 Å². The Hall–Kier alpha value is -3.93. The number of rotatable bonds is 7. The van der Waals surface area contributed by atoms with Crippen molar-refractivity contribution in [3.05, 3.63) is 84.4 Å². The third kappa shape index (κ3) is 6.04. The maximum absolute atomic E-state index is 12.1. The molecular weight excluding hydrogens is 378 g/mol. The summed E-state index contributed by atoms with van der Waals surface area (Å²) in [6.45, 7) is 3.05. The summed E-state index contributed by atoms with van der Waals surface area (Å²) >= 11 is 0. The van der Waals surface area contributed by atoms with Crippen molar-refractivity contribution in [2.45, 2.75) is 13.8 Å². The van der Waals surface area contributed by atoms with Crippen LogP contribution in [0.5, 0.6) is 0 Å². The standard InChI is InChI=1S/C24H23N3O3/c1-17(19-8-12-22(13-9-19)25-18(2)28)27-30-16-24(29)26-23-14-10-21(11-15-23)20-6-4-3-5-7-20/h3-15H,16H2,1-2H3,(H,25,28)(H,26,29)/b27-17+. The molecule has 0 saturated carbocycles. The molecule has 3 rings (SSSR count).